The minimum absolute atomic E-state index is 0.127. The Kier molecular flexibility index (Phi) is 6.39. The molecule has 3 rings (SSSR count). The third-order valence-corrected chi connectivity index (χ3v) is 4.76. The Morgan fingerprint density at radius 1 is 0.931 bits per heavy atom. The highest BCUT2D eigenvalue weighted by molar-refractivity contribution is 5.93. The van der Waals surface area contributed by atoms with Gasteiger partial charge in [0.1, 0.15) is 0 Å². The van der Waals surface area contributed by atoms with Crippen LogP contribution >= 0.6 is 0 Å². The van der Waals surface area contributed by atoms with Crippen molar-refractivity contribution in [1.82, 2.24) is 5.32 Å². The molecule has 5 nitrogen and oxygen atoms in total. The van der Waals surface area contributed by atoms with E-state index in [9.17, 15) is 4.79 Å². The number of hydrogen-bond acceptors (Lipinski definition) is 4. The first-order valence-electron chi connectivity index (χ1n) is 9.33. The van der Waals surface area contributed by atoms with Gasteiger partial charge in [0.25, 0.3) is 0 Å². The summed E-state index contributed by atoms with van der Waals surface area (Å²) >= 11 is 0. The molecule has 0 aromatic heterocycles. The van der Waals surface area contributed by atoms with Crippen molar-refractivity contribution in [2.45, 2.75) is 13.0 Å². The second-order valence-corrected chi connectivity index (χ2v) is 6.59. The third kappa shape index (κ3) is 4.51. The van der Waals surface area contributed by atoms with Crippen LogP contribution in [0.5, 0.6) is 17.2 Å². The summed E-state index contributed by atoms with van der Waals surface area (Å²) in [5.74, 6) is 1.41. The van der Waals surface area contributed by atoms with Crippen LogP contribution in [0, 0.1) is 0 Å². The molecule has 0 heterocycles. The van der Waals surface area contributed by atoms with E-state index in [1.165, 1.54) is 6.08 Å². The monoisotopic (exact) mass is 391 g/mol. The number of rotatable bonds is 7. The van der Waals surface area contributed by atoms with Crippen molar-refractivity contribution in [3.05, 3.63) is 71.8 Å². The summed E-state index contributed by atoms with van der Waals surface area (Å²) in [4.78, 5) is 12.5. The summed E-state index contributed by atoms with van der Waals surface area (Å²) in [5.41, 5.74) is 1.85. The van der Waals surface area contributed by atoms with Gasteiger partial charge in [-0.25, -0.2) is 0 Å². The van der Waals surface area contributed by atoms with Gasteiger partial charge in [0.05, 0.1) is 27.4 Å². The molecule has 0 aliphatic rings. The molecule has 0 saturated carbocycles. The topological polar surface area (TPSA) is 56.8 Å². The van der Waals surface area contributed by atoms with Gasteiger partial charge in [-0.3, -0.25) is 4.79 Å². The zero-order valence-corrected chi connectivity index (χ0v) is 17.1. The zero-order valence-electron chi connectivity index (χ0n) is 17.1. The lowest BCUT2D eigenvalue weighted by Gasteiger charge is -2.15. The van der Waals surface area contributed by atoms with Crippen LogP contribution in [0.15, 0.2) is 60.7 Å². The number of nitrogens with one attached hydrogen (secondary N) is 1. The highest BCUT2D eigenvalue weighted by Gasteiger charge is 2.13. The second kappa shape index (κ2) is 9.15. The molecule has 5 heteroatoms. The molecule has 0 aliphatic carbocycles. The van der Waals surface area contributed by atoms with Crippen molar-refractivity contribution in [1.29, 1.82) is 0 Å². The molecule has 0 radical (unpaired) electrons. The van der Waals surface area contributed by atoms with Crippen LogP contribution in [-0.2, 0) is 4.79 Å². The van der Waals surface area contributed by atoms with E-state index in [4.69, 9.17) is 14.2 Å². The number of hydrogen-bond donors (Lipinski definition) is 1. The van der Waals surface area contributed by atoms with Gasteiger partial charge in [-0.05, 0) is 47.0 Å². The summed E-state index contributed by atoms with van der Waals surface area (Å²) in [5, 5.41) is 5.31. The molecule has 1 amide bonds. The molecule has 1 N–H and O–H groups in total. The number of amides is 1. The van der Waals surface area contributed by atoms with E-state index in [-0.39, 0.29) is 11.9 Å². The van der Waals surface area contributed by atoms with Gasteiger partial charge >= 0.3 is 0 Å². The molecular formula is C24H25NO4. The Bertz CT molecular complexity index is 1010. The van der Waals surface area contributed by atoms with Crippen LogP contribution in [0.25, 0.3) is 16.8 Å². The van der Waals surface area contributed by atoms with Gasteiger partial charge in [0.2, 0.25) is 11.7 Å². The summed E-state index contributed by atoms with van der Waals surface area (Å²) in [7, 11) is 4.67. The lowest BCUT2D eigenvalue weighted by atomic mass is 10.00. The van der Waals surface area contributed by atoms with Crippen LogP contribution in [0.2, 0.25) is 0 Å². The van der Waals surface area contributed by atoms with Crippen LogP contribution in [0.1, 0.15) is 24.1 Å². The molecule has 1 atom stereocenters. The van der Waals surface area contributed by atoms with E-state index in [1.807, 2.05) is 31.2 Å². The number of methoxy groups -OCH3 is 3. The maximum atomic E-state index is 12.5. The Labute approximate surface area is 170 Å². The largest absolute Gasteiger partial charge is 0.493 e. The molecule has 0 saturated heterocycles. The first-order valence-corrected chi connectivity index (χ1v) is 9.33. The highest BCUT2D eigenvalue weighted by Crippen LogP contribution is 2.38. The van der Waals surface area contributed by atoms with Gasteiger partial charge < -0.3 is 19.5 Å². The first kappa shape index (κ1) is 20.3. The normalized spacial score (nSPS) is 12.0. The quantitative estimate of drug-likeness (QED) is 0.590. The SMILES string of the molecule is COc1cc(/C=C/C(=O)NC(C)c2cccc3ccccc23)cc(OC)c1OC. The van der Waals surface area contributed by atoms with Gasteiger partial charge in [0.15, 0.2) is 11.5 Å². The fourth-order valence-corrected chi connectivity index (χ4v) is 3.34. The van der Waals surface area contributed by atoms with Gasteiger partial charge in [-0.1, -0.05) is 42.5 Å². The predicted octanol–water partition coefficient (Wildman–Crippen LogP) is 4.76. The lowest BCUT2D eigenvalue weighted by Crippen LogP contribution is -2.24. The minimum Gasteiger partial charge on any atom is -0.493 e. The molecule has 150 valence electrons. The molecule has 1 unspecified atom stereocenters. The Morgan fingerprint density at radius 2 is 1.59 bits per heavy atom. The summed E-state index contributed by atoms with van der Waals surface area (Å²) < 4.78 is 16.0. The number of carbonyl (C=O) groups is 1. The van der Waals surface area contributed by atoms with Crippen molar-refractivity contribution in [2.75, 3.05) is 21.3 Å². The summed E-state index contributed by atoms with van der Waals surface area (Å²) in [6, 6.07) is 17.7. The summed E-state index contributed by atoms with van der Waals surface area (Å²) in [6.07, 6.45) is 3.22. The average molecular weight is 391 g/mol. The molecule has 3 aromatic carbocycles. The number of ether oxygens (including phenoxy) is 3. The highest BCUT2D eigenvalue weighted by atomic mass is 16.5. The number of carbonyl (C=O) groups excluding carboxylic acids is 1. The Balaban J connectivity index is 1.77. The van der Waals surface area contributed by atoms with E-state index in [0.717, 1.165) is 21.9 Å². The van der Waals surface area contributed by atoms with Crippen LogP contribution in [0.4, 0.5) is 0 Å². The number of benzene rings is 3. The smallest absolute Gasteiger partial charge is 0.244 e. The molecule has 0 aliphatic heterocycles. The zero-order chi connectivity index (χ0) is 20.8. The number of fused-ring (bicyclic) bond motifs is 1. The van der Waals surface area contributed by atoms with Crippen LogP contribution in [-0.4, -0.2) is 27.2 Å². The molecular weight excluding hydrogens is 366 g/mol. The third-order valence-electron chi connectivity index (χ3n) is 4.76. The average Bonchev–Trinajstić information content (AvgIpc) is 2.76. The second-order valence-electron chi connectivity index (χ2n) is 6.59. The van der Waals surface area contributed by atoms with Crippen LogP contribution < -0.4 is 19.5 Å². The van der Waals surface area contributed by atoms with Crippen molar-refractivity contribution in [3.63, 3.8) is 0 Å². The van der Waals surface area contributed by atoms with E-state index in [2.05, 4.69) is 23.5 Å². The molecule has 0 bridgehead atoms. The van der Waals surface area contributed by atoms with Gasteiger partial charge in [-0.15, -0.1) is 0 Å². The summed E-state index contributed by atoms with van der Waals surface area (Å²) in [6.45, 7) is 1.98. The first-order chi connectivity index (χ1) is 14.1. The van der Waals surface area contributed by atoms with Gasteiger partial charge in [-0.2, -0.15) is 0 Å². The van der Waals surface area contributed by atoms with Crippen molar-refractivity contribution in [2.24, 2.45) is 0 Å². The van der Waals surface area contributed by atoms with E-state index >= 15 is 0 Å². The molecule has 0 spiro atoms. The van der Waals surface area contributed by atoms with Gasteiger partial charge in [0, 0.05) is 6.08 Å². The maximum absolute atomic E-state index is 12.5. The Hall–Kier alpha value is -3.47. The van der Waals surface area contributed by atoms with E-state index in [1.54, 1.807) is 39.5 Å². The van der Waals surface area contributed by atoms with Crippen molar-refractivity contribution >= 4 is 22.8 Å². The molecule has 3 aromatic rings. The molecule has 29 heavy (non-hydrogen) atoms. The molecule has 0 fully saturated rings. The lowest BCUT2D eigenvalue weighted by molar-refractivity contribution is -0.117. The van der Waals surface area contributed by atoms with E-state index < -0.39 is 0 Å². The fourth-order valence-electron chi connectivity index (χ4n) is 3.34. The van der Waals surface area contributed by atoms with Crippen LogP contribution in [0.3, 0.4) is 0 Å². The van der Waals surface area contributed by atoms with Crippen molar-refractivity contribution in [3.8, 4) is 17.2 Å². The van der Waals surface area contributed by atoms with Crippen molar-refractivity contribution < 1.29 is 19.0 Å². The minimum atomic E-state index is -0.181. The Morgan fingerprint density at radius 3 is 2.24 bits per heavy atom. The maximum Gasteiger partial charge on any atom is 0.244 e. The predicted molar refractivity (Wildman–Crippen MR) is 116 cm³/mol. The van der Waals surface area contributed by atoms with E-state index in [0.29, 0.717) is 17.2 Å². The fraction of sp³-hybridized carbons (Fsp3) is 0.208. The standard InChI is InChI=1S/C24H25NO4/c1-16(19-11-7-9-18-8-5-6-10-20(18)19)25-23(26)13-12-17-14-21(27-2)24(29-4)22(15-17)28-3/h5-16H,1-4H3,(H,25,26)/b13-12+.